The molecule has 0 aliphatic heterocycles. The van der Waals surface area contributed by atoms with E-state index in [1.807, 2.05) is 0 Å². The van der Waals surface area contributed by atoms with E-state index >= 15 is 0 Å². The normalized spacial score (nSPS) is 57.8. The van der Waals surface area contributed by atoms with Gasteiger partial charge in [0.1, 0.15) is 0 Å². The molecule has 0 radical (unpaired) electrons. The molecular weight excluding hydrogens is 266 g/mol. The molecule has 0 saturated heterocycles. The lowest BCUT2D eigenvalue weighted by Gasteiger charge is -2.64. The number of rotatable bonds is 1. The second kappa shape index (κ2) is 4.98. The zero-order valence-corrected chi connectivity index (χ0v) is 15.2. The van der Waals surface area contributed by atoms with Gasteiger partial charge in [-0.1, -0.05) is 40.0 Å². The van der Waals surface area contributed by atoms with Crippen LogP contribution < -0.4 is 5.73 Å². The molecule has 126 valence electrons. The molecule has 4 aliphatic rings. The summed E-state index contributed by atoms with van der Waals surface area (Å²) in [6.07, 6.45) is 15.8. The van der Waals surface area contributed by atoms with Gasteiger partial charge >= 0.3 is 0 Å². The van der Waals surface area contributed by atoms with Gasteiger partial charge in [-0.3, -0.25) is 0 Å². The van der Waals surface area contributed by atoms with E-state index in [0.717, 1.165) is 23.7 Å². The van der Waals surface area contributed by atoms with Crippen LogP contribution in [0.2, 0.25) is 0 Å². The molecule has 4 aliphatic carbocycles. The first-order valence-corrected chi connectivity index (χ1v) is 10.2. The second-order valence-corrected chi connectivity index (χ2v) is 9.88. The van der Waals surface area contributed by atoms with Gasteiger partial charge in [-0.2, -0.15) is 0 Å². The van der Waals surface area contributed by atoms with Crippen molar-refractivity contribution in [1.29, 1.82) is 0 Å². The number of nitrogens with two attached hydrogens (primary N) is 1. The largest absolute Gasteiger partial charge is 0.324 e. The fourth-order valence-electron chi connectivity index (χ4n) is 8.13. The van der Waals surface area contributed by atoms with Crippen LogP contribution in [0.4, 0.5) is 0 Å². The second-order valence-electron chi connectivity index (χ2n) is 9.88. The molecule has 0 heterocycles. The van der Waals surface area contributed by atoms with Crippen LogP contribution in [0.25, 0.3) is 0 Å². The molecule has 4 rings (SSSR count). The van der Waals surface area contributed by atoms with Crippen molar-refractivity contribution in [1.82, 2.24) is 0 Å². The minimum absolute atomic E-state index is 0.155. The molecule has 2 N–H and O–H groups in total. The minimum Gasteiger partial charge on any atom is -0.324 e. The van der Waals surface area contributed by atoms with Crippen LogP contribution in [0.3, 0.4) is 0 Å². The maximum absolute atomic E-state index is 7.30. The van der Waals surface area contributed by atoms with Crippen molar-refractivity contribution in [2.75, 3.05) is 0 Å². The first kappa shape index (κ1) is 15.5. The Morgan fingerprint density at radius 2 is 1.68 bits per heavy atom. The number of hydrogen-bond acceptors (Lipinski definition) is 1. The Kier molecular flexibility index (Phi) is 3.50. The van der Waals surface area contributed by atoms with Crippen molar-refractivity contribution in [2.24, 2.45) is 40.2 Å². The van der Waals surface area contributed by atoms with E-state index in [-0.39, 0.29) is 5.54 Å². The van der Waals surface area contributed by atoms with E-state index < -0.39 is 0 Å². The maximum atomic E-state index is 7.30. The Hall–Kier alpha value is -0.0400. The number of hydrogen-bond donors (Lipinski definition) is 1. The van der Waals surface area contributed by atoms with Crippen molar-refractivity contribution in [3.05, 3.63) is 0 Å². The van der Waals surface area contributed by atoms with Crippen molar-refractivity contribution in [3.63, 3.8) is 0 Å². The van der Waals surface area contributed by atoms with E-state index in [4.69, 9.17) is 5.73 Å². The van der Waals surface area contributed by atoms with Gasteiger partial charge in [0, 0.05) is 5.54 Å². The lowest BCUT2D eigenvalue weighted by atomic mass is 9.43. The maximum Gasteiger partial charge on any atom is 0.0242 e. The SMILES string of the molecule is CC[C@H]1CC[C@@]2(N)[C@@H]3CCC4CCCC[C@]4(C)[C@H]3CC[C@]12C. The van der Waals surface area contributed by atoms with Gasteiger partial charge in [-0.05, 0) is 85.9 Å². The smallest absolute Gasteiger partial charge is 0.0242 e. The van der Waals surface area contributed by atoms with Gasteiger partial charge in [0.2, 0.25) is 0 Å². The average Bonchev–Trinajstić information content (AvgIpc) is 2.78. The molecule has 0 spiro atoms. The van der Waals surface area contributed by atoms with E-state index in [0.29, 0.717) is 10.8 Å². The summed E-state index contributed by atoms with van der Waals surface area (Å²) in [5, 5.41) is 0. The minimum atomic E-state index is 0.155. The molecule has 22 heavy (non-hydrogen) atoms. The molecule has 0 aromatic rings. The van der Waals surface area contributed by atoms with Crippen LogP contribution in [-0.4, -0.2) is 5.54 Å². The summed E-state index contributed by atoms with van der Waals surface area (Å²) < 4.78 is 0. The first-order valence-electron chi connectivity index (χ1n) is 10.2. The van der Waals surface area contributed by atoms with Crippen molar-refractivity contribution < 1.29 is 0 Å². The van der Waals surface area contributed by atoms with Crippen molar-refractivity contribution in [3.8, 4) is 0 Å². The molecule has 4 fully saturated rings. The van der Waals surface area contributed by atoms with Crippen LogP contribution in [0, 0.1) is 34.5 Å². The standard InChI is InChI=1S/C21H37N/c1-4-15-10-14-21(22)18-9-8-16-7-5-6-12-19(16,2)17(18)11-13-20(15,21)3/h15-18H,4-14,22H2,1-3H3/t15-,16?,17-,18+,19-,20+,21+/m0/s1. The lowest BCUT2D eigenvalue weighted by Crippen LogP contribution is -2.66. The topological polar surface area (TPSA) is 26.0 Å². The molecule has 1 nitrogen and oxygen atoms in total. The highest BCUT2D eigenvalue weighted by Gasteiger charge is 2.65. The van der Waals surface area contributed by atoms with E-state index in [1.165, 1.54) is 70.6 Å². The molecule has 1 heteroatoms. The number of fused-ring (bicyclic) bond motifs is 5. The summed E-state index contributed by atoms with van der Waals surface area (Å²) in [5.41, 5.74) is 8.51. The van der Waals surface area contributed by atoms with Gasteiger partial charge in [0.05, 0.1) is 0 Å². The Morgan fingerprint density at radius 1 is 0.864 bits per heavy atom. The summed E-state index contributed by atoms with van der Waals surface area (Å²) in [7, 11) is 0. The Morgan fingerprint density at radius 3 is 2.45 bits per heavy atom. The van der Waals surface area contributed by atoms with Crippen LogP contribution >= 0.6 is 0 Å². The first-order chi connectivity index (χ1) is 10.5. The van der Waals surface area contributed by atoms with Gasteiger partial charge in [0.15, 0.2) is 0 Å². The third-order valence-corrected chi connectivity index (χ3v) is 9.61. The lowest BCUT2D eigenvalue weighted by molar-refractivity contribution is -0.122. The molecule has 0 aromatic carbocycles. The van der Waals surface area contributed by atoms with Gasteiger partial charge < -0.3 is 5.73 Å². The molecule has 4 saturated carbocycles. The summed E-state index contributed by atoms with van der Waals surface area (Å²) in [6, 6.07) is 0. The summed E-state index contributed by atoms with van der Waals surface area (Å²) in [5.74, 6) is 3.65. The van der Waals surface area contributed by atoms with E-state index in [2.05, 4.69) is 20.8 Å². The van der Waals surface area contributed by atoms with Crippen molar-refractivity contribution in [2.45, 2.75) is 96.9 Å². The summed E-state index contributed by atoms with van der Waals surface area (Å²) >= 11 is 0. The van der Waals surface area contributed by atoms with Crippen LogP contribution in [0.5, 0.6) is 0 Å². The molecule has 0 aromatic heterocycles. The highest BCUT2D eigenvalue weighted by Crippen LogP contribution is 2.68. The molecule has 0 amide bonds. The predicted molar refractivity (Wildman–Crippen MR) is 93.6 cm³/mol. The van der Waals surface area contributed by atoms with Crippen molar-refractivity contribution >= 4 is 0 Å². The molecule has 7 atom stereocenters. The van der Waals surface area contributed by atoms with Crippen LogP contribution in [-0.2, 0) is 0 Å². The zero-order valence-electron chi connectivity index (χ0n) is 15.2. The highest BCUT2D eigenvalue weighted by molar-refractivity contribution is 5.18. The van der Waals surface area contributed by atoms with Gasteiger partial charge in [0.25, 0.3) is 0 Å². The molecular formula is C21H37N. The fourth-order valence-corrected chi connectivity index (χ4v) is 8.13. The van der Waals surface area contributed by atoms with Gasteiger partial charge in [-0.25, -0.2) is 0 Å². The Labute approximate surface area is 137 Å². The third kappa shape index (κ3) is 1.75. The van der Waals surface area contributed by atoms with E-state index in [1.54, 1.807) is 0 Å². The quantitative estimate of drug-likeness (QED) is 0.677. The van der Waals surface area contributed by atoms with E-state index in [9.17, 15) is 0 Å². The van der Waals surface area contributed by atoms with Crippen LogP contribution in [0.15, 0.2) is 0 Å². The van der Waals surface area contributed by atoms with Crippen LogP contribution in [0.1, 0.15) is 91.4 Å². The third-order valence-electron chi connectivity index (χ3n) is 9.61. The molecule has 0 bridgehead atoms. The van der Waals surface area contributed by atoms with Gasteiger partial charge in [-0.15, -0.1) is 0 Å². The fraction of sp³-hybridized carbons (Fsp3) is 1.00. The predicted octanol–water partition coefficient (Wildman–Crippen LogP) is 5.53. The Bertz CT molecular complexity index is 445. The summed E-state index contributed by atoms with van der Waals surface area (Å²) in [6.45, 7) is 7.62. The highest BCUT2D eigenvalue weighted by atomic mass is 14.9. The zero-order chi connectivity index (χ0) is 15.6. The Balaban J connectivity index is 1.69. The average molecular weight is 304 g/mol. The monoisotopic (exact) mass is 303 g/mol. The summed E-state index contributed by atoms with van der Waals surface area (Å²) in [4.78, 5) is 0. The molecule has 1 unspecified atom stereocenters.